The van der Waals surface area contributed by atoms with Crippen LogP contribution in [-0.4, -0.2) is 19.4 Å². The van der Waals surface area contributed by atoms with Crippen molar-refractivity contribution in [3.63, 3.8) is 0 Å². The Labute approximate surface area is 92.5 Å². The zero-order valence-electron chi connectivity index (χ0n) is 8.17. The number of carbonyl (C=O) groups excluding carboxylic acids is 1. The molecule has 2 rings (SSSR count). The average Bonchev–Trinajstić information content (AvgIpc) is 2.52. The van der Waals surface area contributed by atoms with Crippen LogP contribution in [0.4, 0.5) is 0 Å². The van der Waals surface area contributed by atoms with Gasteiger partial charge in [0.1, 0.15) is 4.91 Å². The van der Waals surface area contributed by atoms with E-state index in [4.69, 9.17) is 5.11 Å². The number of sulfonamides is 1. The number of aliphatic hydroxyl groups excluding tert-OH is 1. The van der Waals surface area contributed by atoms with Crippen LogP contribution in [0.25, 0.3) is 4.91 Å². The van der Waals surface area contributed by atoms with Crippen LogP contribution in [0.15, 0.2) is 30.3 Å². The van der Waals surface area contributed by atoms with Gasteiger partial charge < -0.3 is 5.11 Å². The van der Waals surface area contributed by atoms with Crippen LogP contribution in [0.1, 0.15) is 11.1 Å². The van der Waals surface area contributed by atoms with Gasteiger partial charge in [-0.2, -0.15) is 0 Å². The standard InChI is InChI=1S/C10H9NO4S/c12-6-7-1-3-8(4-2-7)9-5-10(13)11-16(9,14)15/h1-5,12H,6H2,(H,11,13). The zero-order valence-corrected chi connectivity index (χ0v) is 8.99. The van der Waals surface area contributed by atoms with E-state index in [1.165, 1.54) is 0 Å². The normalized spacial score (nSPS) is 18.1. The van der Waals surface area contributed by atoms with Crippen molar-refractivity contribution in [1.29, 1.82) is 0 Å². The number of rotatable bonds is 2. The van der Waals surface area contributed by atoms with Crippen molar-refractivity contribution in [3.8, 4) is 0 Å². The smallest absolute Gasteiger partial charge is 0.265 e. The molecule has 0 aliphatic carbocycles. The Hall–Kier alpha value is -1.66. The third kappa shape index (κ3) is 1.84. The summed E-state index contributed by atoms with van der Waals surface area (Å²) in [5, 5.41) is 8.84. The second-order valence-corrected chi connectivity index (χ2v) is 4.98. The molecule has 1 aliphatic heterocycles. The first-order chi connectivity index (χ1) is 7.53. The molecule has 0 atom stereocenters. The Morgan fingerprint density at radius 3 is 2.25 bits per heavy atom. The van der Waals surface area contributed by atoms with E-state index in [0.717, 1.165) is 6.08 Å². The minimum atomic E-state index is -3.71. The van der Waals surface area contributed by atoms with Crippen molar-refractivity contribution in [2.75, 3.05) is 0 Å². The first kappa shape index (κ1) is 10.8. The van der Waals surface area contributed by atoms with Gasteiger partial charge in [0.05, 0.1) is 6.61 Å². The Balaban J connectivity index is 2.45. The highest BCUT2D eigenvalue weighted by molar-refractivity contribution is 7.99. The summed E-state index contributed by atoms with van der Waals surface area (Å²) in [5.41, 5.74) is 1.11. The molecule has 0 aromatic heterocycles. The van der Waals surface area contributed by atoms with Crippen molar-refractivity contribution in [2.45, 2.75) is 6.61 Å². The number of hydrogen-bond donors (Lipinski definition) is 2. The lowest BCUT2D eigenvalue weighted by Gasteiger charge is -2.03. The molecule has 1 aliphatic rings. The molecule has 1 aromatic carbocycles. The highest BCUT2D eigenvalue weighted by Crippen LogP contribution is 2.24. The van der Waals surface area contributed by atoms with Crippen molar-refractivity contribution in [3.05, 3.63) is 41.5 Å². The molecule has 16 heavy (non-hydrogen) atoms. The third-order valence-corrected chi connectivity index (χ3v) is 3.61. The molecule has 0 fully saturated rings. The molecular weight excluding hydrogens is 230 g/mol. The van der Waals surface area contributed by atoms with Crippen LogP contribution in [0.3, 0.4) is 0 Å². The molecule has 2 N–H and O–H groups in total. The molecule has 0 unspecified atom stereocenters. The van der Waals surface area contributed by atoms with Crippen LogP contribution in [-0.2, 0) is 21.4 Å². The summed E-state index contributed by atoms with van der Waals surface area (Å²) in [6.07, 6.45) is 1.04. The quantitative estimate of drug-likeness (QED) is 0.759. The lowest BCUT2D eigenvalue weighted by molar-refractivity contribution is -0.114. The molecule has 0 saturated carbocycles. The van der Waals surface area contributed by atoms with E-state index in [2.05, 4.69) is 0 Å². The van der Waals surface area contributed by atoms with E-state index < -0.39 is 15.9 Å². The second kappa shape index (κ2) is 3.73. The van der Waals surface area contributed by atoms with Gasteiger partial charge in [-0.3, -0.25) is 4.79 Å². The molecular formula is C10H9NO4S. The summed E-state index contributed by atoms with van der Waals surface area (Å²) in [5.74, 6) is -0.638. The van der Waals surface area contributed by atoms with Gasteiger partial charge in [-0.05, 0) is 11.1 Å². The van der Waals surface area contributed by atoms with Gasteiger partial charge in [0.2, 0.25) is 0 Å². The maximum absolute atomic E-state index is 11.5. The van der Waals surface area contributed by atoms with Crippen molar-refractivity contribution >= 4 is 20.8 Å². The van der Waals surface area contributed by atoms with E-state index in [-0.39, 0.29) is 11.5 Å². The maximum atomic E-state index is 11.5. The first-order valence-corrected chi connectivity index (χ1v) is 6.00. The molecule has 0 bridgehead atoms. The molecule has 1 amide bonds. The van der Waals surface area contributed by atoms with Crippen LogP contribution in [0, 0.1) is 0 Å². The topological polar surface area (TPSA) is 83.5 Å². The predicted octanol–water partition coefficient (Wildman–Crippen LogP) is -0.0206. The molecule has 0 radical (unpaired) electrons. The van der Waals surface area contributed by atoms with E-state index in [0.29, 0.717) is 11.1 Å². The number of hydrogen-bond acceptors (Lipinski definition) is 4. The first-order valence-electron chi connectivity index (χ1n) is 4.51. The molecule has 0 saturated heterocycles. The Morgan fingerprint density at radius 1 is 1.19 bits per heavy atom. The molecule has 84 valence electrons. The van der Waals surface area contributed by atoms with Gasteiger partial charge in [-0.1, -0.05) is 24.3 Å². The van der Waals surface area contributed by atoms with E-state index >= 15 is 0 Å². The van der Waals surface area contributed by atoms with Gasteiger partial charge in [0.15, 0.2) is 0 Å². The Kier molecular flexibility index (Phi) is 2.53. The highest BCUT2D eigenvalue weighted by Gasteiger charge is 2.28. The van der Waals surface area contributed by atoms with E-state index in [9.17, 15) is 13.2 Å². The summed E-state index contributed by atoms with van der Waals surface area (Å²) in [6.45, 7) is -0.108. The fourth-order valence-corrected chi connectivity index (χ4v) is 2.57. The van der Waals surface area contributed by atoms with Gasteiger partial charge in [-0.15, -0.1) is 0 Å². The predicted molar refractivity (Wildman–Crippen MR) is 57.4 cm³/mol. The van der Waals surface area contributed by atoms with Crippen molar-refractivity contribution in [1.82, 2.24) is 4.72 Å². The lowest BCUT2D eigenvalue weighted by Crippen LogP contribution is -2.22. The van der Waals surface area contributed by atoms with Crippen LogP contribution in [0.5, 0.6) is 0 Å². The monoisotopic (exact) mass is 239 g/mol. The third-order valence-electron chi connectivity index (χ3n) is 2.21. The minimum Gasteiger partial charge on any atom is -0.392 e. The molecule has 5 nitrogen and oxygen atoms in total. The number of benzene rings is 1. The van der Waals surface area contributed by atoms with Gasteiger partial charge >= 0.3 is 0 Å². The average molecular weight is 239 g/mol. The van der Waals surface area contributed by atoms with Crippen LogP contribution < -0.4 is 4.72 Å². The van der Waals surface area contributed by atoms with Crippen molar-refractivity contribution in [2.24, 2.45) is 0 Å². The van der Waals surface area contributed by atoms with Crippen molar-refractivity contribution < 1.29 is 18.3 Å². The zero-order chi connectivity index (χ0) is 11.8. The fourth-order valence-electron chi connectivity index (χ4n) is 1.43. The number of nitrogens with one attached hydrogen (secondary N) is 1. The number of carbonyl (C=O) groups is 1. The van der Waals surface area contributed by atoms with Gasteiger partial charge in [-0.25, -0.2) is 13.1 Å². The summed E-state index contributed by atoms with van der Waals surface area (Å²) in [4.78, 5) is 10.9. The van der Waals surface area contributed by atoms with E-state index in [1.807, 2.05) is 4.72 Å². The molecule has 1 heterocycles. The van der Waals surface area contributed by atoms with Crippen LogP contribution >= 0.6 is 0 Å². The van der Waals surface area contributed by atoms with Gasteiger partial charge in [0.25, 0.3) is 15.9 Å². The Morgan fingerprint density at radius 2 is 1.81 bits per heavy atom. The molecule has 0 spiro atoms. The largest absolute Gasteiger partial charge is 0.392 e. The second-order valence-electron chi connectivity index (χ2n) is 3.33. The highest BCUT2D eigenvalue weighted by atomic mass is 32.2. The lowest BCUT2D eigenvalue weighted by atomic mass is 10.1. The van der Waals surface area contributed by atoms with Crippen LogP contribution in [0.2, 0.25) is 0 Å². The maximum Gasteiger partial charge on any atom is 0.265 e. The fraction of sp³-hybridized carbons (Fsp3) is 0.100. The summed E-state index contributed by atoms with van der Waals surface area (Å²) in [7, 11) is -3.71. The van der Waals surface area contributed by atoms with E-state index in [1.54, 1.807) is 24.3 Å². The number of amides is 1. The SMILES string of the molecule is O=C1C=C(c2ccc(CO)cc2)S(=O)(=O)N1. The number of aliphatic hydroxyl groups is 1. The summed E-state index contributed by atoms with van der Waals surface area (Å²) < 4.78 is 24.8. The van der Waals surface area contributed by atoms with Gasteiger partial charge in [0, 0.05) is 6.08 Å². The summed E-state index contributed by atoms with van der Waals surface area (Å²) >= 11 is 0. The molecule has 1 aromatic rings. The molecule has 6 heteroatoms. The minimum absolute atomic E-state index is 0.0398. The Bertz CT molecular complexity index is 557. The summed E-state index contributed by atoms with van der Waals surface area (Å²) in [6, 6.07) is 6.31.